The highest BCUT2D eigenvalue weighted by Gasteiger charge is 2.27. The van der Waals surface area contributed by atoms with Crippen molar-refractivity contribution in [2.75, 3.05) is 32.7 Å². The Balaban J connectivity index is 1.68. The van der Waals surface area contributed by atoms with Crippen molar-refractivity contribution < 1.29 is 9.90 Å². The average Bonchev–Trinajstić information content (AvgIpc) is 3.04. The summed E-state index contributed by atoms with van der Waals surface area (Å²) in [5, 5.41) is 9.92. The molecule has 0 bridgehead atoms. The number of piperazine rings is 1. The zero-order chi connectivity index (χ0) is 17.2. The van der Waals surface area contributed by atoms with Crippen LogP contribution < -0.4 is 0 Å². The van der Waals surface area contributed by atoms with Gasteiger partial charge in [0.15, 0.2) is 0 Å². The monoisotopic (exact) mass is 328 g/mol. The fourth-order valence-electron chi connectivity index (χ4n) is 3.07. The van der Waals surface area contributed by atoms with Crippen molar-refractivity contribution in [2.45, 2.75) is 19.4 Å². The van der Waals surface area contributed by atoms with Gasteiger partial charge in [0.1, 0.15) is 5.69 Å². The predicted octanol–water partition coefficient (Wildman–Crippen LogP) is 1.40. The van der Waals surface area contributed by atoms with Crippen molar-refractivity contribution in [2.24, 2.45) is 0 Å². The van der Waals surface area contributed by atoms with Gasteiger partial charge in [-0.25, -0.2) is 4.98 Å². The topological polar surface area (TPSA) is 61.6 Å². The number of aliphatic hydroxyl groups is 1. The molecule has 6 nitrogen and oxygen atoms in total. The number of aromatic nitrogens is 2. The van der Waals surface area contributed by atoms with Gasteiger partial charge in [-0.2, -0.15) is 0 Å². The molecule has 128 valence electrons. The Kier molecular flexibility index (Phi) is 4.69. The van der Waals surface area contributed by atoms with E-state index in [-0.39, 0.29) is 5.91 Å². The van der Waals surface area contributed by atoms with Gasteiger partial charge in [-0.3, -0.25) is 14.3 Å². The first kappa shape index (κ1) is 16.7. The van der Waals surface area contributed by atoms with E-state index >= 15 is 0 Å². The summed E-state index contributed by atoms with van der Waals surface area (Å²) in [5.74, 6) is -0.000684. The second-order valence-corrected chi connectivity index (χ2v) is 6.87. The molecule has 1 saturated heterocycles. The summed E-state index contributed by atoms with van der Waals surface area (Å²) in [5.41, 5.74) is 0.800. The van der Waals surface area contributed by atoms with Crippen LogP contribution in [0.1, 0.15) is 24.3 Å². The number of benzene rings is 1. The van der Waals surface area contributed by atoms with Gasteiger partial charge in [0.2, 0.25) is 0 Å². The van der Waals surface area contributed by atoms with Crippen LogP contribution in [0.5, 0.6) is 0 Å². The molecule has 1 N–H and O–H groups in total. The Morgan fingerprint density at radius 1 is 1.17 bits per heavy atom. The first-order valence-corrected chi connectivity index (χ1v) is 8.26. The lowest BCUT2D eigenvalue weighted by Gasteiger charge is -2.37. The van der Waals surface area contributed by atoms with E-state index in [2.05, 4.69) is 9.88 Å². The Hall–Kier alpha value is -2.18. The largest absolute Gasteiger partial charge is 0.389 e. The average molecular weight is 328 g/mol. The lowest BCUT2D eigenvalue weighted by Crippen LogP contribution is -2.52. The fourth-order valence-corrected chi connectivity index (χ4v) is 3.07. The standard InChI is InChI=1S/C18H24N4O2/c1-18(2,24)13-20-8-10-21(11-9-20)17(23)16-12-19-14-22(16)15-6-4-3-5-7-15/h3-7,12,14,24H,8-11,13H2,1-2H3. The summed E-state index contributed by atoms with van der Waals surface area (Å²) in [6.07, 6.45) is 3.30. The molecule has 0 atom stereocenters. The zero-order valence-electron chi connectivity index (χ0n) is 14.2. The molecule has 1 aliphatic heterocycles. The maximum absolute atomic E-state index is 12.8. The summed E-state index contributed by atoms with van der Waals surface area (Å²) in [6, 6.07) is 9.75. The number of nitrogens with zero attached hydrogens (tertiary/aromatic N) is 4. The predicted molar refractivity (Wildman–Crippen MR) is 92.2 cm³/mol. The van der Waals surface area contributed by atoms with Crippen LogP contribution in [0.15, 0.2) is 42.9 Å². The minimum Gasteiger partial charge on any atom is -0.389 e. The summed E-state index contributed by atoms with van der Waals surface area (Å²) in [7, 11) is 0. The molecule has 1 fully saturated rings. The van der Waals surface area contributed by atoms with Gasteiger partial charge in [0.05, 0.1) is 18.1 Å². The number of rotatable bonds is 4. The number of amides is 1. The van der Waals surface area contributed by atoms with Crippen LogP contribution in [0, 0.1) is 0 Å². The van der Waals surface area contributed by atoms with E-state index in [1.807, 2.05) is 53.6 Å². The Labute approximate surface area is 142 Å². The molecule has 1 aromatic carbocycles. The molecule has 3 rings (SSSR count). The van der Waals surface area contributed by atoms with Crippen LogP contribution in [0.3, 0.4) is 0 Å². The SMILES string of the molecule is CC(C)(O)CN1CCN(C(=O)c2cncn2-c2ccccc2)CC1. The van der Waals surface area contributed by atoms with Crippen molar-refractivity contribution in [3.63, 3.8) is 0 Å². The van der Waals surface area contributed by atoms with Crippen LogP contribution in [0.4, 0.5) is 0 Å². The van der Waals surface area contributed by atoms with Crippen molar-refractivity contribution in [3.05, 3.63) is 48.5 Å². The van der Waals surface area contributed by atoms with Crippen LogP contribution in [-0.4, -0.2) is 68.7 Å². The highest BCUT2D eigenvalue weighted by molar-refractivity contribution is 5.93. The summed E-state index contributed by atoms with van der Waals surface area (Å²) < 4.78 is 1.82. The lowest BCUT2D eigenvalue weighted by atomic mass is 10.1. The van der Waals surface area contributed by atoms with Crippen molar-refractivity contribution in [1.82, 2.24) is 19.4 Å². The van der Waals surface area contributed by atoms with Gasteiger partial charge in [-0.05, 0) is 26.0 Å². The van der Waals surface area contributed by atoms with Gasteiger partial charge >= 0.3 is 0 Å². The quantitative estimate of drug-likeness (QED) is 0.922. The lowest BCUT2D eigenvalue weighted by molar-refractivity contribution is 0.0177. The molecule has 2 heterocycles. The molecule has 2 aromatic rings. The minimum atomic E-state index is -0.710. The summed E-state index contributed by atoms with van der Waals surface area (Å²) in [4.78, 5) is 21.0. The third-order valence-corrected chi connectivity index (χ3v) is 4.16. The molecule has 0 saturated carbocycles. The molecule has 24 heavy (non-hydrogen) atoms. The smallest absolute Gasteiger partial charge is 0.272 e. The van der Waals surface area contributed by atoms with Crippen LogP contribution in [0.2, 0.25) is 0 Å². The molecular weight excluding hydrogens is 304 g/mol. The van der Waals surface area contributed by atoms with E-state index < -0.39 is 5.60 Å². The number of carbonyl (C=O) groups is 1. The summed E-state index contributed by atoms with van der Waals surface area (Å²) in [6.45, 7) is 7.11. The highest BCUT2D eigenvalue weighted by atomic mass is 16.3. The molecular formula is C18H24N4O2. The van der Waals surface area contributed by atoms with E-state index in [9.17, 15) is 9.90 Å². The normalized spacial score (nSPS) is 16.4. The van der Waals surface area contributed by atoms with Crippen molar-refractivity contribution in [1.29, 1.82) is 0 Å². The Morgan fingerprint density at radius 2 is 1.83 bits per heavy atom. The van der Waals surface area contributed by atoms with E-state index in [1.165, 1.54) is 0 Å². The number of β-amino-alcohol motifs (C(OH)–C–C–N with tert-alkyl or cyclic N) is 1. The van der Waals surface area contributed by atoms with Crippen molar-refractivity contribution in [3.8, 4) is 5.69 Å². The number of hydrogen-bond donors (Lipinski definition) is 1. The Morgan fingerprint density at radius 3 is 2.46 bits per heavy atom. The van der Waals surface area contributed by atoms with Gasteiger partial charge < -0.3 is 10.0 Å². The van der Waals surface area contributed by atoms with Gasteiger partial charge in [-0.1, -0.05) is 18.2 Å². The van der Waals surface area contributed by atoms with Crippen LogP contribution in [-0.2, 0) is 0 Å². The number of para-hydroxylation sites is 1. The molecule has 1 amide bonds. The molecule has 0 radical (unpaired) electrons. The second kappa shape index (κ2) is 6.75. The van der Waals surface area contributed by atoms with Crippen molar-refractivity contribution >= 4 is 5.91 Å². The van der Waals surface area contributed by atoms with Crippen LogP contribution >= 0.6 is 0 Å². The van der Waals surface area contributed by atoms with Gasteiger partial charge in [0.25, 0.3) is 5.91 Å². The second-order valence-electron chi connectivity index (χ2n) is 6.87. The molecule has 6 heteroatoms. The maximum atomic E-state index is 12.8. The van der Waals surface area contributed by atoms with E-state index in [0.29, 0.717) is 25.3 Å². The maximum Gasteiger partial charge on any atom is 0.272 e. The molecule has 0 aliphatic carbocycles. The molecule has 0 spiro atoms. The number of hydrogen-bond acceptors (Lipinski definition) is 4. The zero-order valence-corrected chi connectivity index (χ0v) is 14.2. The fraction of sp³-hybridized carbons (Fsp3) is 0.444. The van der Waals surface area contributed by atoms with Gasteiger partial charge in [0, 0.05) is 38.4 Å². The highest BCUT2D eigenvalue weighted by Crippen LogP contribution is 2.15. The molecule has 1 aliphatic rings. The molecule has 0 unspecified atom stereocenters. The minimum absolute atomic E-state index is 0.000684. The van der Waals surface area contributed by atoms with E-state index in [0.717, 1.165) is 18.8 Å². The molecule has 1 aromatic heterocycles. The summed E-state index contributed by atoms with van der Waals surface area (Å²) >= 11 is 0. The first-order chi connectivity index (χ1) is 11.4. The van der Waals surface area contributed by atoms with Crippen LogP contribution in [0.25, 0.3) is 5.69 Å². The first-order valence-electron chi connectivity index (χ1n) is 8.26. The third kappa shape index (κ3) is 3.83. The Bertz CT molecular complexity index is 683. The van der Waals surface area contributed by atoms with E-state index in [1.54, 1.807) is 12.5 Å². The number of imidazole rings is 1. The van der Waals surface area contributed by atoms with E-state index in [4.69, 9.17) is 0 Å². The third-order valence-electron chi connectivity index (χ3n) is 4.16. The number of carbonyl (C=O) groups excluding carboxylic acids is 1. The van der Waals surface area contributed by atoms with Gasteiger partial charge in [-0.15, -0.1) is 0 Å².